The maximum atomic E-state index is 11.7. The Morgan fingerprint density at radius 1 is 1.40 bits per heavy atom. The molecule has 0 aromatic heterocycles. The predicted octanol–water partition coefficient (Wildman–Crippen LogP) is 0.992. The zero-order valence-corrected chi connectivity index (χ0v) is 11.3. The molecule has 0 radical (unpaired) electrons. The average molecular weight is 304 g/mol. The van der Waals surface area contributed by atoms with Gasteiger partial charge in [-0.3, -0.25) is 24.7 Å². The zero-order valence-electron chi connectivity index (χ0n) is 10.4. The van der Waals surface area contributed by atoms with E-state index >= 15 is 0 Å². The zero-order chi connectivity index (χ0) is 15.5. The first-order valence-electron chi connectivity index (χ1n) is 5.43. The minimum absolute atomic E-state index is 0.0315. The van der Waals surface area contributed by atoms with E-state index in [0.29, 0.717) is 0 Å². The molecular formula is C10H13N2O7P. The highest BCUT2D eigenvalue weighted by Gasteiger charge is 2.28. The highest BCUT2D eigenvalue weighted by Crippen LogP contribution is 2.40. The van der Waals surface area contributed by atoms with Crippen molar-refractivity contribution >= 4 is 19.2 Å². The SMILES string of the molecule is CC(CN(O)C(=O)c1ccc([N+](=O)[O-])cc1)P(=O)(O)O. The summed E-state index contributed by atoms with van der Waals surface area (Å²) in [5.74, 6) is -0.903. The quantitative estimate of drug-likeness (QED) is 0.319. The van der Waals surface area contributed by atoms with Crippen molar-refractivity contribution in [2.24, 2.45) is 0 Å². The lowest BCUT2D eigenvalue weighted by Crippen LogP contribution is -2.33. The molecular weight excluding hydrogens is 291 g/mol. The fraction of sp³-hybridized carbons (Fsp3) is 0.300. The van der Waals surface area contributed by atoms with Crippen molar-refractivity contribution in [3.05, 3.63) is 39.9 Å². The number of nitro benzene ring substituents is 1. The Morgan fingerprint density at radius 2 is 1.90 bits per heavy atom. The number of hydrogen-bond donors (Lipinski definition) is 3. The number of benzene rings is 1. The van der Waals surface area contributed by atoms with Gasteiger partial charge in [0.25, 0.3) is 11.6 Å². The predicted molar refractivity (Wildman–Crippen MR) is 67.4 cm³/mol. The van der Waals surface area contributed by atoms with Crippen LogP contribution in [-0.4, -0.2) is 43.1 Å². The molecule has 1 atom stereocenters. The summed E-state index contributed by atoms with van der Waals surface area (Å²) in [6.45, 7) is 0.632. The van der Waals surface area contributed by atoms with Gasteiger partial charge in [0.15, 0.2) is 0 Å². The van der Waals surface area contributed by atoms with Gasteiger partial charge >= 0.3 is 7.60 Å². The summed E-state index contributed by atoms with van der Waals surface area (Å²) in [5, 5.41) is 20.1. The molecule has 3 N–H and O–H groups in total. The molecule has 9 nitrogen and oxygen atoms in total. The number of nitro groups is 1. The first-order valence-corrected chi connectivity index (χ1v) is 7.11. The topological polar surface area (TPSA) is 141 Å². The smallest absolute Gasteiger partial charge is 0.324 e. The van der Waals surface area contributed by atoms with Gasteiger partial charge in [-0.2, -0.15) is 0 Å². The van der Waals surface area contributed by atoms with Crippen molar-refractivity contribution in [3.63, 3.8) is 0 Å². The Kier molecular flexibility index (Phi) is 4.96. The van der Waals surface area contributed by atoms with E-state index in [1.165, 1.54) is 6.92 Å². The molecule has 0 aliphatic heterocycles. The number of non-ortho nitro benzene ring substituents is 1. The molecule has 0 spiro atoms. The summed E-state index contributed by atoms with van der Waals surface area (Å²) in [6, 6.07) is 4.47. The fourth-order valence-corrected chi connectivity index (χ4v) is 1.68. The third kappa shape index (κ3) is 4.10. The molecule has 1 rings (SSSR count). The standard InChI is InChI=1S/C10H13N2O7P/c1-7(20(17,18)19)6-11(14)10(13)8-2-4-9(5-3-8)12(15)16/h2-5,7,14H,6H2,1H3,(H2,17,18,19). The highest BCUT2D eigenvalue weighted by molar-refractivity contribution is 7.52. The molecule has 0 aliphatic carbocycles. The van der Waals surface area contributed by atoms with Gasteiger partial charge in [0, 0.05) is 17.7 Å². The second-order valence-electron chi connectivity index (χ2n) is 4.13. The highest BCUT2D eigenvalue weighted by atomic mass is 31.2. The molecule has 110 valence electrons. The van der Waals surface area contributed by atoms with Crippen molar-refractivity contribution in [2.75, 3.05) is 6.54 Å². The van der Waals surface area contributed by atoms with E-state index in [4.69, 9.17) is 9.79 Å². The number of hydroxylamine groups is 2. The fourth-order valence-electron chi connectivity index (χ4n) is 1.31. The van der Waals surface area contributed by atoms with Crippen molar-refractivity contribution in [3.8, 4) is 0 Å². The van der Waals surface area contributed by atoms with E-state index in [1.54, 1.807) is 0 Å². The average Bonchev–Trinajstić information content (AvgIpc) is 2.36. The Labute approximate surface area is 113 Å². The van der Waals surface area contributed by atoms with Crippen LogP contribution in [0.25, 0.3) is 0 Å². The van der Waals surface area contributed by atoms with Crippen LogP contribution in [0.15, 0.2) is 24.3 Å². The maximum absolute atomic E-state index is 11.7. The number of hydrogen-bond acceptors (Lipinski definition) is 5. The summed E-state index contributed by atoms with van der Waals surface area (Å²) in [6.07, 6.45) is 0. The third-order valence-corrected chi connectivity index (χ3v) is 3.88. The molecule has 1 amide bonds. The Balaban J connectivity index is 2.79. The van der Waals surface area contributed by atoms with E-state index in [9.17, 15) is 24.7 Å². The van der Waals surface area contributed by atoms with E-state index in [-0.39, 0.29) is 16.3 Å². The molecule has 1 aromatic rings. The Morgan fingerprint density at radius 3 is 2.30 bits per heavy atom. The summed E-state index contributed by atoms with van der Waals surface area (Å²) in [7, 11) is -4.41. The normalized spacial score (nSPS) is 12.8. The Bertz CT molecular complexity index is 553. The first-order chi connectivity index (χ1) is 9.12. The molecule has 1 aromatic carbocycles. The number of carbonyl (C=O) groups is 1. The maximum Gasteiger partial charge on any atom is 0.330 e. The third-order valence-electron chi connectivity index (χ3n) is 2.57. The van der Waals surface area contributed by atoms with Gasteiger partial charge in [0.1, 0.15) is 0 Å². The van der Waals surface area contributed by atoms with Crippen LogP contribution >= 0.6 is 7.60 Å². The monoisotopic (exact) mass is 304 g/mol. The molecule has 10 heteroatoms. The minimum Gasteiger partial charge on any atom is -0.324 e. The molecule has 1 unspecified atom stereocenters. The van der Waals surface area contributed by atoms with E-state index in [2.05, 4.69) is 0 Å². The summed E-state index contributed by atoms with van der Waals surface area (Å²) < 4.78 is 10.9. The van der Waals surface area contributed by atoms with Gasteiger partial charge in [-0.15, -0.1) is 0 Å². The van der Waals surface area contributed by atoms with Gasteiger partial charge in [-0.1, -0.05) is 0 Å². The summed E-state index contributed by atoms with van der Waals surface area (Å²) in [5.41, 5.74) is -1.47. The van der Waals surface area contributed by atoms with Crippen LogP contribution in [0.1, 0.15) is 17.3 Å². The number of carbonyl (C=O) groups excluding carboxylic acids is 1. The molecule has 0 fully saturated rings. The molecule has 0 bridgehead atoms. The van der Waals surface area contributed by atoms with Gasteiger partial charge < -0.3 is 9.79 Å². The van der Waals surface area contributed by atoms with E-state index < -0.39 is 30.6 Å². The lowest BCUT2D eigenvalue weighted by molar-refractivity contribution is -0.384. The van der Waals surface area contributed by atoms with Crippen LogP contribution in [0.2, 0.25) is 0 Å². The largest absolute Gasteiger partial charge is 0.330 e. The van der Waals surface area contributed by atoms with Crippen LogP contribution in [0.3, 0.4) is 0 Å². The van der Waals surface area contributed by atoms with Crippen molar-refractivity contribution in [1.82, 2.24) is 5.06 Å². The van der Waals surface area contributed by atoms with Crippen LogP contribution in [0.5, 0.6) is 0 Å². The van der Waals surface area contributed by atoms with Crippen LogP contribution in [-0.2, 0) is 4.57 Å². The van der Waals surface area contributed by atoms with E-state index in [0.717, 1.165) is 24.3 Å². The summed E-state index contributed by atoms with van der Waals surface area (Å²) >= 11 is 0. The summed E-state index contributed by atoms with van der Waals surface area (Å²) in [4.78, 5) is 39.3. The molecule has 0 saturated carbocycles. The van der Waals surface area contributed by atoms with Gasteiger partial charge in [-0.05, 0) is 19.1 Å². The molecule has 0 heterocycles. The molecule has 20 heavy (non-hydrogen) atoms. The minimum atomic E-state index is -4.41. The number of rotatable bonds is 5. The van der Waals surface area contributed by atoms with Crippen molar-refractivity contribution in [1.29, 1.82) is 0 Å². The first kappa shape index (κ1) is 16.3. The van der Waals surface area contributed by atoms with Crippen LogP contribution in [0, 0.1) is 10.1 Å². The van der Waals surface area contributed by atoms with Crippen molar-refractivity contribution in [2.45, 2.75) is 12.6 Å². The van der Waals surface area contributed by atoms with Gasteiger partial charge in [0.2, 0.25) is 0 Å². The number of amides is 1. The number of nitrogens with zero attached hydrogens (tertiary/aromatic N) is 2. The van der Waals surface area contributed by atoms with E-state index in [1.807, 2.05) is 0 Å². The second kappa shape index (κ2) is 6.10. The van der Waals surface area contributed by atoms with Crippen LogP contribution in [0.4, 0.5) is 5.69 Å². The second-order valence-corrected chi connectivity index (χ2v) is 6.19. The Hall–Kier alpha value is -1.80. The van der Waals surface area contributed by atoms with Gasteiger partial charge in [-0.25, -0.2) is 5.06 Å². The van der Waals surface area contributed by atoms with Crippen LogP contribution < -0.4 is 0 Å². The lowest BCUT2D eigenvalue weighted by Gasteiger charge is -2.20. The molecule has 0 aliphatic rings. The van der Waals surface area contributed by atoms with Gasteiger partial charge in [0.05, 0.1) is 17.1 Å². The van der Waals surface area contributed by atoms with Crippen molar-refractivity contribution < 1.29 is 29.3 Å². The lowest BCUT2D eigenvalue weighted by atomic mass is 10.2. The molecule has 0 saturated heterocycles.